The molecular weight excluding hydrogens is 286 g/mol. The molecule has 1 aliphatic rings. The van der Waals surface area contributed by atoms with E-state index in [1.807, 2.05) is 30.5 Å². The van der Waals surface area contributed by atoms with Gasteiger partial charge in [0.15, 0.2) is 0 Å². The zero-order valence-electron chi connectivity index (χ0n) is 14.0. The van der Waals surface area contributed by atoms with Gasteiger partial charge in [-0.3, -0.25) is 15.2 Å². The summed E-state index contributed by atoms with van der Waals surface area (Å²) in [6.45, 7) is 6.27. The van der Waals surface area contributed by atoms with Crippen LogP contribution in [0.2, 0.25) is 0 Å². The number of amides is 1. The number of para-hydroxylation sites is 1. The van der Waals surface area contributed by atoms with Gasteiger partial charge in [0, 0.05) is 12.4 Å². The number of aromatic nitrogens is 1. The Hall–Kier alpha value is -2.36. The summed E-state index contributed by atoms with van der Waals surface area (Å²) < 4.78 is 0. The Labute approximate surface area is 137 Å². The first-order valence-electron chi connectivity index (χ1n) is 8.31. The van der Waals surface area contributed by atoms with Gasteiger partial charge in [0.1, 0.15) is 0 Å². The lowest BCUT2D eigenvalue weighted by Gasteiger charge is -2.27. The van der Waals surface area contributed by atoms with E-state index in [0.717, 1.165) is 41.8 Å². The normalized spacial score (nSPS) is 15.6. The van der Waals surface area contributed by atoms with Crippen LogP contribution in [0.5, 0.6) is 0 Å². The standard InChI is InChI=1S/C19H23N3O/c1-4-14-13-20-12-11-16(14)21-22-17-10-8-7-9-15(17)19(5-2,6-3)18(22)23/h7-13H,4-6H2,1-3H3,(H,20,21). The summed E-state index contributed by atoms with van der Waals surface area (Å²) in [5.41, 5.74) is 7.02. The van der Waals surface area contributed by atoms with Crippen LogP contribution in [0.3, 0.4) is 0 Å². The van der Waals surface area contributed by atoms with Gasteiger partial charge in [0.2, 0.25) is 0 Å². The number of anilines is 2. The van der Waals surface area contributed by atoms with Gasteiger partial charge in [0.05, 0.1) is 16.8 Å². The van der Waals surface area contributed by atoms with Crippen LogP contribution in [0, 0.1) is 0 Å². The summed E-state index contributed by atoms with van der Waals surface area (Å²) >= 11 is 0. The largest absolute Gasteiger partial charge is 0.291 e. The van der Waals surface area contributed by atoms with Crippen molar-refractivity contribution >= 4 is 17.3 Å². The first kappa shape index (κ1) is 15.5. The first-order chi connectivity index (χ1) is 11.2. The fraction of sp³-hybridized carbons (Fsp3) is 0.368. The highest BCUT2D eigenvalue weighted by Crippen LogP contribution is 2.46. The molecule has 2 aromatic rings. The predicted molar refractivity (Wildman–Crippen MR) is 93.4 cm³/mol. The highest BCUT2D eigenvalue weighted by Gasteiger charge is 2.48. The quantitative estimate of drug-likeness (QED) is 0.905. The second kappa shape index (κ2) is 6.03. The Bertz CT molecular complexity index is 722. The fourth-order valence-corrected chi connectivity index (χ4v) is 3.49. The van der Waals surface area contributed by atoms with E-state index < -0.39 is 5.41 Å². The maximum Gasteiger partial charge on any atom is 0.256 e. The van der Waals surface area contributed by atoms with Crippen molar-refractivity contribution in [3.8, 4) is 0 Å². The van der Waals surface area contributed by atoms with Crippen molar-refractivity contribution in [2.45, 2.75) is 45.4 Å². The highest BCUT2D eigenvalue weighted by atomic mass is 16.2. The van der Waals surface area contributed by atoms with Gasteiger partial charge >= 0.3 is 0 Å². The monoisotopic (exact) mass is 309 g/mol. The number of fused-ring (bicyclic) bond motifs is 1. The maximum absolute atomic E-state index is 13.2. The Morgan fingerprint density at radius 2 is 1.87 bits per heavy atom. The minimum Gasteiger partial charge on any atom is -0.291 e. The molecular formula is C19H23N3O. The molecule has 1 amide bonds. The third-order valence-electron chi connectivity index (χ3n) is 5.00. The summed E-state index contributed by atoms with van der Waals surface area (Å²) in [7, 11) is 0. The van der Waals surface area contributed by atoms with E-state index >= 15 is 0 Å². The van der Waals surface area contributed by atoms with Crippen LogP contribution in [-0.2, 0) is 16.6 Å². The lowest BCUT2D eigenvalue weighted by atomic mass is 9.77. The number of carbonyl (C=O) groups is 1. The molecule has 1 N–H and O–H groups in total. The molecule has 0 radical (unpaired) electrons. The number of carbonyl (C=O) groups excluding carboxylic acids is 1. The van der Waals surface area contributed by atoms with Crippen LogP contribution in [0.25, 0.3) is 0 Å². The molecule has 0 unspecified atom stereocenters. The van der Waals surface area contributed by atoms with E-state index in [9.17, 15) is 4.79 Å². The maximum atomic E-state index is 13.2. The molecule has 0 saturated heterocycles. The van der Waals surface area contributed by atoms with Gasteiger partial charge in [0.25, 0.3) is 5.91 Å². The van der Waals surface area contributed by atoms with Gasteiger partial charge in [-0.1, -0.05) is 39.0 Å². The van der Waals surface area contributed by atoms with Crippen LogP contribution in [0.4, 0.5) is 11.4 Å². The summed E-state index contributed by atoms with van der Waals surface area (Å²) in [4.78, 5) is 17.4. The van der Waals surface area contributed by atoms with E-state index in [-0.39, 0.29) is 5.91 Å². The number of hydrogen-bond donors (Lipinski definition) is 1. The number of pyridine rings is 1. The third-order valence-corrected chi connectivity index (χ3v) is 5.00. The molecule has 0 atom stereocenters. The van der Waals surface area contributed by atoms with Crippen LogP contribution in [0.1, 0.15) is 44.7 Å². The second-order valence-corrected chi connectivity index (χ2v) is 5.95. The van der Waals surface area contributed by atoms with E-state index in [1.54, 1.807) is 11.2 Å². The van der Waals surface area contributed by atoms with Crippen molar-refractivity contribution in [1.29, 1.82) is 0 Å². The van der Waals surface area contributed by atoms with Gasteiger partial charge in [-0.2, -0.15) is 0 Å². The molecule has 23 heavy (non-hydrogen) atoms. The molecule has 1 aliphatic heterocycles. The Balaban J connectivity index is 2.05. The zero-order chi connectivity index (χ0) is 16.4. The average molecular weight is 309 g/mol. The number of rotatable bonds is 5. The molecule has 4 heteroatoms. The van der Waals surface area contributed by atoms with Crippen LogP contribution in [-0.4, -0.2) is 10.9 Å². The van der Waals surface area contributed by atoms with Gasteiger partial charge in [-0.05, 0) is 42.5 Å². The van der Waals surface area contributed by atoms with Crippen molar-refractivity contribution in [3.63, 3.8) is 0 Å². The van der Waals surface area contributed by atoms with Crippen molar-refractivity contribution in [2.24, 2.45) is 0 Å². The molecule has 0 fully saturated rings. The molecule has 0 saturated carbocycles. The number of hydrogen-bond acceptors (Lipinski definition) is 3. The van der Waals surface area contributed by atoms with Crippen molar-refractivity contribution in [3.05, 3.63) is 53.9 Å². The molecule has 0 bridgehead atoms. The predicted octanol–water partition coefficient (Wildman–Crippen LogP) is 4.08. The first-order valence-corrected chi connectivity index (χ1v) is 8.31. The van der Waals surface area contributed by atoms with Crippen molar-refractivity contribution in [2.75, 3.05) is 10.4 Å². The minimum absolute atomic E-state index is 0.127. The number of benzene rings is 1. The summed E-state index contributed by atoms with van der Waals surface area (Å²) in [6.07, 6.45) is 6.07. The SMILES string of the molecule is CCc1cnccc1NN1C(=O)C(CC)(CC)c2ccccc21. The smallest absolute Gasteiger partial charge is 0.256 e. The van der Waals surface area contributed by atoms with Gasteiger partial charge < -0.3 is 0 Å². The van der Waals surface area contributed by atoms with Crippen molar-refractivity contribution < 1.29 is 4.79 Å². The van der Waals surface area contributed by atoms with E-state index in [1.165, 1.54) is 0 Å². The van der Waals surface area contributed by atoms with Crippen molar-refractivity contribution in [1.82, 2.24) is 4.98 Å². The van der Waals surface area contributed by atoms with Gasteiger partial charge in [-0.25, -0.2) is 5.01 Å². The van der Waals surface area contributed by atoms with Crippen LogP contribution in [0.15, 0.2) is 42.7 Å². The molecule has 2 heterocycles. The zero-order valence-corrected chi connectivity index (χ0v) is 14.0. The van der Waals surface area contributed by atoms with E-state index in [4.69, 9.17) is 0 Å². The summed E-state index contributed by atoms with van der Waals surface area (Å²) in [5.74, 6) is 0.127. The lowest BCUT2D eigenvalue weighted by Crippen LogP contribution is -2.42. The number of aryl methyl sites for hydroxylation is 1. The van der Waals surface area contributed by atoms with Gasteiger partial charge in [-0.15, -0.1) is 0 Å². The Morgan fingerprint density at radius 3 is 2.57 bits per heavy atom. The molecule has 0 aliphatic carbocycles. The fourth-order valence-electron chi connectivity index (χ4n) is 3.49. The highest BCUT2D eigenvalue weighted by molar-refractivity contribution is 6.09. The van der Waals surface area contributed by atoms with Crippen LogP contribution >= 0.6 is 0 Å². The number of nitrogens with zero attached hydrogens (tertiary/aromatic N) is 2. The molecule has 4 nitrogen and oxygen atoms in total. The summed E-state index contributed by atoms with van der Waals surface area (Å²) in [5, 5.41) is 1.72. The molecule has 0 spiro atoms. The third kappa shape index (κ3) is 2.29. The topological polar surface area (TPSA) is 45.2 Å². The number of nitrogens with one attached hydrogen (secondary N) is 1. The second-order valence-electron chi connectivity index (χ2n) is 5.95. The lowest BCUT2D eigenvalue weighted by molar-refractivity contribution is -0.123. The van der Waals surface area contributed by atoms with E-state index in [2.05, 4.69) is 37.2 Å². The number of hydrazine groups is 1. The molecule has 1 aromatic heterocycles. The van der Waals surface area contributed by atoms with E-state index in [0.29, 0.717) is 0 Å². The minimum atomic E-state index is -0.428. The summed E-state index contributed by atoms with van der Waals surface area (Å²) in [6, 6.07) is 10.0. The Kier molecular flexibility index (Phi) is 4.07. The Morgan fingerprint density at radius 1 is 1.13 bits per heavy atom. The molecule has 1 aromatic carbocycles. The average Bonchev–Trinajstić information content (AvgIpc) is 2.84. The van der Waals surface area contributed by atoms with Crippen LogP contribution < -0.4 is 10.4 Å². The molecule has 3 rings (SSSR count). The molecule has 120 valence electrons.